The Morgan fingerprint density at radius 2 is 2.15 bits per heavy atom. The monoisotopic (exact) mass is 289 g/mol. The summed E-state index contributed by atoms with van der Waals surface area (Å²) >= 11 is 6.00. The lowest BCUT2D eigenvalue weighted by Crippen LogP contribution is -2.34. The van der Waals surface area contributed by atoms with E-state index >= 15 is 0 Å². The van der Waals surface area contributed by atoms with Crippen molar-refractivity contribution in [3.05, 3.63) is 47.5 Å². The number of benzene rings is 1. The standard InChI is InChI=1S/C14H12ClN3O2/c15-10-3-1-2-9(4-10)12-5-11(19)6-13(20)14(12)18-8-16-7-17-18/h1-4,7-8,12,14H,5-6H2/t12-,14-/m1/s1. The zero-order valence-corrected chi connectivity index (χ0v) is 11.3. The second kappa shape index (κ2) is 5.17. The summed E-state index contributed by atoms with van der Waals surface area (Å²) < 4.78 is 1.53. The van der Waals surface area contributed by atoms with E-state index in [-0.39, 0.29) is 23.9 Å². The van der Waals surface area contributed by atoms with E-state index in [0.717, 1.165) is 5.56 Å². The number of halogens is 1. The van der Waals surface area contributed by atoms with Crippen LogP contribution in [0.2, 0.25) is 5.02 Å². The Kier molecular flexibility index (Phi) is 3.36. The van der Waals surface area contributed by atoms with Gasteiger partial charge in [0.05, 0.1) is 6.42 Å². The number of rotatable bonds is 2. The lowest BCUT2D eigenvalue weighted by Gasteiger charge is -2.29. The van der Waals surface area contributed by atoms with Crippen molar-refractivity contribution in [1.82, 2.24) is 14.8 Å². The van der Waals surface area contributed by atoms with Crippen LogP contribution < -0.4 is 0 Å². The average molecular weight is 290 g/mol. The molecule has 0 aliphatic heterocycles. The Bertz CT molecular complexity index is 654. The fourth-order valence-corrected chi connectivity index (χ4v) is 2.88. The highest BCUT2D eigenvalue weighted by Gasteiger charge is 2.38. The van der Waals surface area contributed by atoms with E-state index in [9.17, 15) is 9.59 Å². The molecule has 102 valence electrons. The fourth-order valence-electron chi connectivity index (χ4n) is 2.68. The summed E-state index contributed by atoms with van der Waals surface area (Å²) in [7, 11) is 0. The van der Waals surface area contributed by atoms with Crippen LogP contribution in [0.5, 0.6) is 0 Å². The highest BCUT2D eigenvalue weighted by atomic mass is 35.5. The zero-order chi connectivity index (χ0) is 14.1. The van der Waals surface area contributed by atoms with Crippen LogP contribution in [0.1, 0.15) is 30.4 Å². The highest BCUT2D eigenvalue weighted by molar-refractivity contribution is 6.30. The number of nitrogens with zero attached hydrogens (tertiary/aromatic N) is 3. The van der Waals surface area contributed by atoms with E-state index < -0.39 is 6.04 Å². The van der Waals surface area contributed by atoms with E-state index in [0.29, 0.717) is 11.4 Å². The van der Waals surface area contributed by atoms with Gasteiger partial charge in [-0.1, -0.05) is 23.7 Å². The van der Waals surface area contributed by atoms with Gasteiger partial charge in [0.25, 0.3) is 0 Å². The fraction of sp³-hybridized carbons (Fsp3) is 0.286. The lowest BCUT2D eigenvalue weighted by molar-refractivity contribution is -0.133. The number of ketones is 2. The van der Waals surface area contributed by atoms with Crippen molar-refractivity contribution in [1.29, 1.82) is 0 Å². The van der Waals surface area contributed by atoms with Gasteiger partial charge < -0.3 is 0 Å². The van der Waals surface area contributed by atoms with Gasteiger partial charge in [-0.25, -0.2) is 9.67 Å². The first-order valence-electron chi connectivity index (χ1n) is 6.29. The van der Waals surface area contributed by atoms with Gasteiger partial charge in [0, 0.05) is 17.4 Å². The van der Waals surface area contributed by atoms with Crippen LogP contribution in [-0.2, 0) is 9.59 Å². The minimum absolute atomic E-state index is 0.0401. The minimum Gasteiger partial charge on any atom is -0.299 e. The van der Waals surface area contributed by atoms with Gasteiger partial charge in [-0.05, 0) is 17.7 Å². The molecule has 0 N–H and O–H groups in total. The number of carbonyl (C=O) groups is 2. The van der Waals surface area contributed by atoms with Gasteiger partial charge in [-0.3, -0.25) is 9.59 Å². The summed E-state index contributed by atoms with van der Waals surface area (Å²) in [6, 6.07) is 6.77. The Morgan fingerprint density at radius 1 is 1.30 bits per heavy atom. The molecule has 20 heavy (non-hydrogen) atoms. The largest absolute Gasteiger partial charge is 0.299 e. The molecular weight excluding hydrogens is 278 g/mol. The molecule has 1 aliphatic rings. The van der Waals surface area contributed by atoms with Gasteiger partial charge in [0.1, 0.15) is 24.5 Å². The molecule has 1 heterocycles. The molecule has 1 aliphatic carbocycles. The maximum atomic E-state index is 12.2. The molecule has 1 saturated carbocycles. The molecule has 3 rings (SSSR count). The van der Waals surface area contributed by atoms with Crippen molar-refractivity contribution in [3.8, 4) is 0 Å². The molecule has 0 radical (unpaired) electrons. The number of aromatic nitrogens is 3. The topological polar surface area (TPSA) is 64.8 Å². The summed E-state index contributed by atoms with van der Waals surface area (Å²) in [5, 5.41) is 4.64. The number of hydrogen-bond donors (Lipinski definition) is 0. The summed E-state index contributed by atoms with van der Waals surface area (Å²) in [6.45, 7) is 0. The van der Waals surface area contributed by atoms with Gasteiger partial charge in [0.15, 0.2) is 5.78 Å². The number of Topliss-reactive ketones (excluding diaryl/α,β-unsaturated/α-hetero) is 2. The van der Waals surface area contributed by atoms with Crippen LogP contribution in [0.25, 0.3) is 0 Å². The van der Waals surface area contributed by atoms with Crippen LogP contribution in [0.4, 0.5) is 0 Å². The number of hydrogen-bond acceptors (Lipinski definition) is 4. The molecule has 2 atom stereocenters. The molecule has 1 fully saturated rings. The molecule has 0 amide bonds. The summed E-state index contributed by atoms with van der Waals surface area (Å²) in [4.78, 5) is 27.9. The molecule has 0 saturated heterocycles. The van der Waals surface area contributed by atoms with Crippen molar-refractivity contribution in [2.24, 2.45) is 0 Å². The Hall–Kier alpha value is -2.01. The van der Waals surface area contributed by atoms with Gasteiger partial charge >= 0.3 is 0 Å². The second-order valence-electron chi connectivity index (χ2n) is 4.87. The Morgan fingerprint density at radius 3 is 2.85 bits per heavy atom. The van der Waals surface area contributed by atoms with Gasteiger partial charge in [-0.2, -0.15) is 5.10 Å². The molecule has 5 nitrogen and oxygen atoms in total. The number of carbonyl (C=O) groups excluding carboxylic acids is 2. The molecule has 0 unspecified atom stereocenters. The van der Waals surface area contributed by atoms with Crippen molar-refractivity contribution >= 4 is 23.2 Å². The van der Waals surface area contributed by atoms with Crippen molar-refractivity contribution in [2.45, 2.75) is 24.8 Å². The van der Waals surface area contributed by atoms with Crippen LogP contribution in [0.15, 0.2) is 36.9 Å². The van der Waals surface area contributed by atoms with Crippen LogP contribution >= 0.6 is 11.6 Å². The van der Waals surface area contributed by atoms with Crippen LogP contribution in [0.3, 0.4) is 0 Å². The van der Waals surface area contributed by atoms with E-state index in [4.69, 9.17) is 11.6 Å². The maximum absolute atomic E-state index is 12.2. The molecule has 2 aromatic rings. The Balaban J connectivity index is 2.04. The molecule has 1 aromatic heterocycles. The summed E-state index contributed by atoms with van der Waals surface area (Å²) in [5.41, 5.74) is 0.874. The normalized spacial score (nSPS) is 23.1. The smallest absolute Gasteiger partial charge is 0.165 e. The minimum atomic E-state index is -0.492. The first kappa shape index (κ1) is 13.0. The lowest BCUT2D eigenvalue weighted by atomic mass is 9.78. The predicted molar refractivity (Wildman–Crippen MR) is 72.5 cm³/mol. The summed E-state index contributed by atoms with van der Waals surface area (Å²) in [6.07, 6.45) is 3.17. The van der Waals surface area contributed by atoms with E-state index in [1.165, 1.54) is 17.3 Å². The molecule has 0 bridgehead atoms. The highest BCUT2D eigenvalue weighted by Crippen LogP contribution is 2.37. The molecule has 6 heteroatoms. The zero-order valence-electron chi connectivity index (χ0n) is 10.6. The summed E-state index contributed by atoms with van der Waals surface area (Å²) in [5.74, 6) is -0.419. The van der Waals surface area contributed by atoms with E-state index in [1.54, 1.807) is 12.1 Å². The van der Waals surface area contributed by atoms with Crippen molar-refractivity contribution in [3.63, 3.8) is 0 Å². The van der Waals surface area contributed by atoms with Crippen LogP contribution in [0, 0.1) is 0 Å². The predicted octanol–water partition coefficient (Wildman–Crippen LogP) is 2.19. The van der Waals surface area contributed by atoms with Gasteiger partial charge in [0.2, 0.25) is 0 Å². The molecular formula is C14H12ClN3O2. The average Bonchev–Trinajstić information content (AvgIpc) is 2.91. The van der Waals surface area contributed by atoms with E-state index in [2.05, 4.69) is 10.1 Å². The van der Waals surface area contributed by atoms with Crippen molar-refractivity contribution in [2.75, 3.05) is 0 Å². The SMILES string of the molecule is O=C1CC(=O)[C@H](n2cncn2)[C@@H](c2cccc(Cl)c2)C1. The van der Waals surface area contributed by atoms with E-state index in [1.807, 2.05) is 12.1 Å². The molecule has 1 aromatic carbocycles. The molecule has 0 spiro atoms. The Labute approximate surface area is 120 Å². The maximum Gasteiger partial charge on any atom is 0.165 e. The first-order chi connectivity index (χ1) is 9.65. The van der Waals surface area contributed by atoms with Crippen molar-refractivity contribution < 1.29 is 9.59 Å². The second-order valence-corrected chi connectivity index (χ2v) is 5.30. The quantitative estimate of drug-likeness (QED) is 0.795. The van der Waals surface area contributed by atoms with Crippen LogP contribution in [-0.4, -0.2) is 26.3 Å². The third kappa shape index (κ3) is 2.36. The third-order valence-electron chi connectivity index (χ3n) is 3.53. The van der Waals surface area contributed by atoms with Gasteiger partial charge in [-0.15, -0.1) is 0 Å². The first-order valence-corrected chi connectivity index (χ1v) is 6.67. The third-order valence-corrected chi connectivity index (χ3v) is 3.76.